The molecule has 4 rings (SSSR count). The van der Waals surface area contributed by atoms with Crippen LogP contribution in [0.4, 0.5) is 9.59 Å². The number of hydrogen-bond donors (Lipinski definition) is 0. The molecule has 0 spiro atoms. The van der Waals surface area contributed by atoms with Gasteiger partial charge < -0.3 is 14.0 Å². The fourth-order valence-electron chi connectivity index (χ4n) is 4.44. The lowest BCUT2D eigenvalue weighted by Crippen LogP contribution is -2.47. The molecular weight excluding hydrogens is 460 g/mol. The average Bonchev–Trinajstić information content (AvgIpc) is 3.46. The van der Waals surface area contributed by atoms with Crippen molar-refractivity contribution in [2.45, 2.75) is 90.4 Å². The molecule has 2 aliphatic rings. The molecule has 2 fully saturated rings. The van der Waals surface area contributed by atoms with Crippen molar-refractivity contribution in [2.75, 3.05) is 6.54 Å². The molecule has 0 atom stereocenters. The average molecular weight is 499 g/mol. The van der Waals surface area contributed by atoms with Crippen LogP contribution >= 0.6 is 0 Å². The molecule has 9 heteroatoms. The first-order valence-electron chi connectivity index (χ1n) is 12.7. The monoisotopic (exact) mass is 498 g/mol. The van der Waals surface area contributed by atoms with Crippen LogP contribution in [0.25, 0.3) is 11.1 Å². The Balaban J connectivity index is 1.48. The van der Waals surface area contributed by atoms with Crippen LogP contribution in [-0.4, -0.2) is 49.2 Å². The normalized spacial score (nSPS) is 20.0. The van der Waals surface area contributed by atoms with Gasteiger partial charge in [-0.05, 0) is 85.3 Å². The third-order valence-electron chi connectivity index (χ3n) is 6.39. The van der Waals surface area contributed by atoms with Gasteiger partial charge in [-0.1, -0.05) is 0 Å². The number of carbonyl (C=O) groups is 2. The van der Waals surface area contributed by atoms with Crippen LogP contribution in [0, 0.1) is 5.92 Å². The van der Waals surface area contributed by atoms with Gasteiger partial charge in [0.25, 0.3) is 5.56 Å². The third-order valence-corrected chi connectivity index (χ3v) is 6.39. The van der Waals surface area contributed by atoms with Crippen molar-refractivity contribution in [3.63, 3.8) is 0 Å². The molecular formula is C27H38N4O5. The van der Waals surface area contributed by atoms with E-state index in [-0.39, 0.29) is 24.1 Å². The van der Waals surface area contributed by atoms with Crippen molar-refractivity contribution < 1.29 is 19.1 Å². The van der Waals surface area contributed by atoms with Crippen LogP contribution in [0.2, 0.25) is 0 Å². The van der Waals surface area contributed by atoms with E-state index in [1.165, 1.54) is 0 Å². The standard InChI is InChI=1S/C27H38N4O5/c1-26(2,3)35-24(33)30(25(34)36-27(4,5)6)15-17-13-19(14-17)31-16-21(22(28-31)18-10-11-18)20-9-8-12-29(7)23(20)32/h8-9,12,16-19H,10-11,13-15H2,1-7H3. The number of hydrogen-bond acceptors (Lipinski definition) is 6. The SMILES string of the molecule is Cn1cccc(-c2cn(C3CC(CN(C(=O)OC(C)(C)C)C(=O)OC(C)(C)C)C3)nc2C2CC2)c1=O. The molecule has 0 radical (unpaired) electrons. The van der Waals surface area contributed by atoms with Crippen molar-refractivity contribution in [1.82, 2.24) is 19.2 Å². The number of nitrogens with zero attached hydrogens (tertiary/aromatic N) is 4. The Kier molecular flexibility index (Phi) is 6.79. The molecule has 2 amide bonds. The predicted octanol–water partition coefficient (Wildman–Crippen LogP) is 5.25. The van der Waals surface area contributed by atoms with E-state index >= 15 is 0 Å². The predicted molar refractivity (Wildman–Crippen MR) is 136 cm³/mol. The van der Waals surface area contributed by atoms with Crippen molar-refractivity contribution in [2.24, 2.45) is 13.0 Å². The Morgan fingerprint density at radius 1 is 1.03 bits per heavy atom. The second-order valence-corrected chi connectivity index (χ2v) is 12.1. The lowest BCUT2D eigenvalue weighted by atomic mass is 9.80. The van der Waals surface area contributed by atoms with E-state index in [1.807, 2.05) is 23.0 Å². The van der Waals surface area contributed by atoms with Gasteiger partial charge in [-0.2, -0.15) is 5.10 Å². The van der Waals surface area contributed by atoms with E-state index < -0.39 is 23.4 Å². The van der Waals surface area contributed by atoms with Crippen LogP contribution in [0.5, 0.6) is 0 Å². The van der Waals surface area contributed by atoms with Gasteiger partial charge in [0.1, 0.15) is 11.2 Å². The van der Waals surface area contributed by atoms with Gasteiger partial charge in [-0.15, -0.1) is 0 Å². The summed E-state index contributed by atoms with van der Waals surface area (Å²) in [4.78, 5) is 39.5. The summed E-state index contributed by atoms with van der Waals surface area (Å²) in [5.41, 5.74) is 1.09. The highest BCUT2D eigenvalue weighted by Crippen LogP contribution is 2.45. The Bertz CT molecular complexity index is 1160. The first-order chi connectivity index (χ1) is 16.7. The number of amides is 2. The molecule has 36 heavy (non-hydrogen) atoms. The number of ether oxygens (including phenoxy) is 2. The maximum absolute atomic E-state index is 12.8. The summed E-state index contributed by atoms with van der Waals surface area (Å²) in [6.07, 6.45) is 6.06. The quantitative estimate of drug-likeness (QED) is 0.559. The number of carbonyl (C=O) groups excluding carboxylic acids is 2. The number of rotatable bonds is 5. The maximum atomic E-state index is 12.8. The highest BCUT2D eigenvalue weighted by Gasteiger charge is 2.39. The van der Waals surface area contributed by atoms with Crippen LogP contribution in [0.1, 0.15) is 84.9 Å². The zero-order chi connectivity index (χ0) is 26.4. The van der Waals surface area contributed by atoms with E-state index in [0.717, 1.165) is 41.8 Å². The first-order valence-corrected chi connectivity index (χ1v) is 12.7. The zero-order valence-electron chi connectivity index (χ0n) is 22.4. The lowest BCUT2D eigenvalue weighted by Gasteiger charge is -2.38. The first kappa shape index (κ1) is 26.0. The summed E-state index contributed by atoms with van der Waals surface area (Å²) < 4.78 is 14.5. The van der Waals surface area contributed by atoms with Gasteiger partial charge in [-0.3, -0.25) is 9.48 Å². The number of pyridine rings is 1. The van der Waals surface area contributed by atoms with E-state index in [4.69, 9.17) is 14.6 Å². The molecule has 0 unspecified atom stereocenters. The van der Waals surface area contributed by atoms with E-state index in [1.54, 1.807) is 59.4 Å². The zero-order valence-corrected chi connectivity index (χ0v) is 22.4. The summed E-state index contributed by atoms with van der Waals surface area (Å²) in [6.45, 7) is 10.8. The highest BCUT2D eigenvalue weighted by molar-refractivity contribution is 5.88. The molecule has 9 nitrogen and oxygen atoms in total. The topological polar surface area (TPSA) is 95.7 Å². The second-order valence-electron chi connectivity index (χ2n) is 12.1. The maximum Gasteiger partial charge on any atom is 0.419 e. The molecule has 2 saturated carbocycles. The molecule has 2 aliphatic carbocycles. The summed E-state index contributed by atoms with van der Waals surface area (Å²) in [6, 6.07) is 3.89. The molecule has 0 saturated heterocycles. The summed E-state index contributed by atoms with van der Waals surface area (Å²) in [5.74, 6) is 0.508. The van der Waals surface area contributed by atoms with E-state index in [0.29, 0.717) is 11.5 Å². The van der Waals surface area contributed by atoms with Gasteiger partial charge in [0.15, 0.2) is 0 Å². The number of imide groups is 1. The van der Waals surface area contributed by atoms with E-state index in [2.05, 4.69) is 0 Å². The molecule has 0 aliphatic heterocycles. The summed E-state index contributed by atoms with van der Waals surface area (Å²) in [7, 11) is 1.75. The Labute approximate surface area is 212 Å². The molecule has 2 heterocycles. The minimum Gasteiger partial charge on any atom is -0.443 e. The van der Waals surface area contributed by atoms with Crippen LogP contribution in [0.3, 0.4) is 0 Å². The molecule has 0 N–H and O–H groups in total. The van der Waals surface area contributed by atoms with Crippen molar-refractivity contribution in [3.8, 4) is 11.1 Å². The number of aryl methyl sites for hydroxylation is 1. The number of aromatic nitrogens is 3. The van der Waals surface area contributed by atoms with E-state index in [9.17, 15) is 14.4 Å². The highest BCUT2D eigenvalue weighted by atomic mass is 16.6. The van der Waals surface area contributed by atoms with Gasteiger partial charge in [0.2, 0.25) is 0 Å². The molecule has 0 aromatic carbocycles. The third kappa shape index (κ3) is 5.99. The Hall–Kier alpha value is -3.10. The van der Waals surface area contributed by atoms with Gasteiger partial charge in [-0.25, -0.2) is 14.5 Å². The fourth-order valence-corrected chi connectivity index (χ4v) is 4.44. The molecule has 196 valence electrons. The van der Waals surface area contributed by atoms with Gasteiger partial charge >= 0.3 is 12.2 Å². The van der Waals surface area contributed by atoms with Crippen LogP contribution in [-0.2, 0) is 16.5 Å². The summed E-state index contributed by atoms with van der Waals surface area (Å²) in [5, 5.41) is 4.89. The van der Waals surface area contributed by atoms with Gasteiger partial charge in [0.05, 0.1) is 17.3 Å². The lowest BCUT2D eigenvalue weighted by molar-refractivity contribution is -0.00641. The van der Waals surface area contributed by atoms with Crippen LogP contribution in [0.15, 0.2) is 29.3 Å². The Morgan fingerprint density at radius 2 is 1.61 bits per heavy atom. The van der Waals surface area contributed by atoms with Crippen molar-refractivity contribution in [3.05, 3.63) is 40.6 Å². The summed E-state index contributed by atoms with van der Waals surface area (Å²) >= 11 is 0. The Morgan fingerprint density at radius 3 is 2.14 bits per heavy atom. The minimum atomic E-state index is -0.724. The van der Waals surface area contributed by atoms with Gasteiger partial charge in [0, 0.05) is 37.5 Å². The molecule has 0 bridgehead atoms. The second kappa shape index (κ2) is 9.41. The van der Waals surface area contributed by atoms with Crippen molar-refractivity contribution >= 4 is 12.2 Å². The fraction of sp³-hybridized carbons (Fsp3) is 0.630. The molecule has 2 aromatic heterocycles. The molecule has 2 aromatic rings. The largest absolute Gasteiger partial charge is 0.443 e. The minimum absolute atomic E-state index is 0.0317. The smallest absolute Gasteiger partial charge is 0.419 e. The van der Waals surface area contributed by atoms with Crippen molar-refractivity contribution in [1.29, 1.82) is 0 Å². The van der Waals surface area contributed by atoms with Crippen LogP contribution < -0.4 is 5.56 Å².